The summed E-state index contributed by atoms with van der Waals surface area (Å²) >= 11 is 1.16. The van der Waals surface area contributed by atoms with Gasteiger partial charge < -0.3 is 10.2 Å². The molecule has 108 valence electrons. The van der Waals surface area contributed by atoms with Crippen LogP contribution in [0.3, 0.4) is 0 Å². The first kappa shape index (κ1) is 14.8. The maximum Gasteiger partial charge on any atom is 0.282 e. The summed E-state index contributed by atoms with van der Waals surface area (Å²) in [5.74, 6) is -0.863. The van der Waals surface area contributed by atoms with E-state index >= 15 is 0 Å². The van der Waals surface area contributed by atoms with Crippen LogP contribution in [0.2, 0.25) is 0 Å². The fourth-order valence-corrected chi connectivity index (χ4v) is 2.78. The van der Waals surface area contributed by atoms with E-state index < -0.39 is 23.6 Å². The lowest BCUT2D eigenvalue weighted by molar-refractivity contribution is -0.122. The third-order valence-corrected chi connectivity index (χ3v) is 3.87. The number of carbonyl (C=O) groups is 2. The maximum atomic E-state index is 13.6. The monoisotopic (exact) mass is 300 g/mol. The molecule has 20 heavy (non-hydrogen) atoms. The molecule has 2 amide bonds. The van der Waals surface area contributed by atoms with Crippen molar-refractivity contribution in [3.8, 4) is 0 Å². The molecule has 0 saturated carbocycles. The summed E-state index contributed by atoms with van der Waals surface area (Å²) in [7, 11) is 0. The van der Waals surface area contributed by atoms with E-state index in [-0.39, 0.29) is 17.3 Å². The van der Waals surface area contributed by atoms with E-state index in [1.54, 1.807) is 6.92 Å². The van der Waals surface area contributed by atoms with E-state index in [4.69, 9.17) is 0 Å². The Morgan fingerprint density at radius 2 is 2.25 bits per heavy atom. The average Bonchev–Trinajstić information content (AvgIpc) is 2.77. The van der Waals surface area contributed by atoms with Crippen molar-refractivity contribution < 1.29 is 18.4 Å². The minimum absolute atomic E-state index is 0.0624. The lowest BCUT2D eigenvalue weighted by Crippen LogP contribution is -2.38. The highest BCUT2D eigenvalue weighted by atomic mass is 32.2. The summed E-state index contributed by atoms with van der Waals surface area (Å²) in [6.07, 6.45) is 0. The van der Waals surface area contributed by atoms with Crippen LogP contribution in [0.5, 0.6) is 0 Å². The molecule has 1 aliphatic rings. The number of amides is 2. The molecule has 1 fully saturated rings. The van der Waals surface area contributed by atoms with Gasteiger partial charge in [0.15, 0.2) is 0 Å². The fourth-order valence-electron chi connectivity index (χ4n) is 1.95. The van der Waals surface area contributed by atoms with Gasteiger partial charge in [-0.1, -0.05) is 11.8 Å². The van der Waals surface area contributed by atoms with Crippen molar-refractivity contribution in [1.29, 1.82) is 0 Å². The quantitative estimate of drug-likeness (QED) is 0.928. The Morgan fingerprint density at radius 3 is 2.90 bits per heavy atom. The largest absolute Gasteiger partial charge is 0.348 e. The Hall–Kier alpha value is -1.63. The number of hydrogen-bond donors (Lipinski definition) is 1. The van der Waals surface area contributed by atoms with Crippen LogP contribution in [0, 0.1) is 11.6 Å². The highest BCUT2D eigenvalue weighted by Crippen LogP contribution is 2.19. The molecule has 0 aromatic heterocycles. The second-order valence-corrected chi connectivity index (χ2v) is 5.54. The second kappa shape index (κ2) is 6.21. The molecule has 1 saturated heterocycles. The highest BCUT2D eigenvalue weighted by molar-refractivity contribution is 8.13. The topological polar surface area (TPSA) is 49.4 Å². The smallest absolute Gasteiger partial charge is 0.282 e. The SMILES string of the molecule is CC(NC(=O)CN1CCSC1=O)c1cc(F)ccc1F. The number of nitrogens with zero attached hydrogens (tertiary/aromatic N) is 1. The van der Waals surface area contributed by atoms with Crippen molar-refractivity contribution in [2.24, 2.45) is 0 Å². The molecule has 1 heterocycles. The van der Waals surface area contributed by atoms with Crippen LogP contribution < -0.4 is 5.32 Å². The first-order chi connectivity index (χ1) is 9.47. The molecule has 0 spiro atoms. The van der Waals surface area contributed by atoms with Gasteiger partial charge in [-0.05, 0) is 25.1 Å². The predicted octanol–water partition coefficient (Wildman–Crippen LogP) is 2.31. The molecule has 7 heteroatoms. The van der Waals surface area contributed by atoms with Gasteiger partial charge in [0.2, 0.25) is 5.91 Å². The zero-order chi connectivity index (χ0) is 14.7. The first-order valence-electron chi connectivity index (χ1n) is 6.13. The number of hydrogen-bond acceptors (Lipinski definition) is 3. The Labute approximate surface area is 119 Å². The van der Waals surface area contributed by atoms with E-state index in [2.05, 4.69) is 5.32 Å². The summed E-state index contributed by atoms with van der Waals surface area (Å²) in [5.41, 5.74) is 0.0838. The fraction of sp³-hybridized carbons (Fsp3) is 0.385. The molecule has 0 aliphatic carbocycles. The Bertz CT molecular complexity index is 539. The number of nitrogens with one attached hydrogen (secondary N) is 1. The number of carbonyl (C=O) groups excluding carboxylic acids is 2. The zero-order valence-corrected chi connectivity index (χ0v) is 11.7. The van der Waals surface area contributed by atoms with Gasteiger partial charge in [0.05, 0.1) is 6.04 Å². The summed E-state index contributed by atoms with van der Waals surface area (Å²) < 4.78 is 26.6. The lowest BCUT2D eigenvalue weighted by atomic mass is 10.1. The molecule has 1 unspecified atom stereocenters. The van der Waals surface area contributed by atoms with Crippen molar-refractivity contribution >= 4 is 22.9 Å². The Balaban J connectivity index is 1.96. The van der Waals surface area contributed by atoms with E-state index in [1.165, 1.54) is 4.90 Å². The number of rotatable bonds is 4. The van der Waals surface area contributed by atoms with Gasteiger partial charge in [0.25, 0.3) is 5.24 Å². The molecule has 0 radical (unpaired) electrons. The molecule has 1 aliphatic heterocycles. The van der Waals surface area contributed by atoms with E-state index in [0.29, 0.717) is 12.3 Å². The van der Waals surface area contributed by atoms with Crippen molar-refractivity contribution in [1.82, 2.24) is 10.2 Å². The maximum absolute atomic E-state index is 13.6. The molecule has 1 aromatic rings. The third kappa shape index (κ3) is 3.47. The Kier molecular flexibility index (Phi) is 4.59. The van der Waals surface area contributed by atoms with Crippen LogP contribution in [-0.4, -0.2) is 34.9 Å². The van der Waals surface area contributed by atoms with Crippen molar-refractivity contribution in [2.75, 3.05) is 18.8 Å². The zero-order valence-electron chi connectivity index (χ0n) is 10.9. The highest BCUT2D eigenvalue weighted by Gasteiger charge is 2.24. The summed E-state index contributed by atoms with van der Waals surface area (Å²) in [5, 5.41) is 2.43. The van der Waals surface area contributed by atoms with Gasteiger partial charge >= 0.3 is 0 Å². The van der Waals surface area contributed by atoms with Crippen LogP contribution in [0.25, 0.3) is 0 Å². The van der Waals surface area contributed by atoms with Gasteiger partial charge in [0, 0.05) is 17.9 Å². The minimum Gasteiger partial charge on any atom is -0.348 e. The van der Waals surface area contributed by atoms with Crippen LogP contribution >= 0.6 is 11.8 Å². The van der Waals surface area contributed by atoms with E-state index in [9.17, 15) is 18.4 Å². The van der Waals surface area contributed by atoms with Crippen LogP contribution in [0.15, 0.2) is 18.2 Å². The Morgan fingerprint density at radius 1 is 1.50 bits per heavy atom. The van der Waals surface area contributed by atoms with Crippen molar-refractivity contribution in [2.45, 2.75) is 13.0 Å². The van der Waals surface area contributed by atoms with Gasteiger partial charge in [-0.2, -0.15) is 0 Å². The minimum atomic E-state index is -0.663. The molecule has 2 rings (SSSR count). The summed E-state index contributed by atoms with van der Waals surface area (Å²) in [4.78, 5) is 24.6. The van der Waals surface area contributed by atoms with Gasteiger partial charge in [0.1, 0.15) is 18.2 Å². The molecular weight excluding hydrogens is 286 g/mol. The van der Waals surface area contributed by atoms with E-state index in [0.717, 1.165) is 30.0 Å². The molecule has 0 bridgehead atoms. The summed E-state index contributed by atoms with van der Waals surface area (Å²) in [6, 6.07) is 2.43. The molecular formula is C13H14F2N2O2S. The van der Waals surface area contributed by atoms with Crippen molar-refractivity contribution in [3.63, 3.8) is 0 Å². The van der Waals surface area contributed by atoms with E-state index in [1.807, 2.05) is 0 Å². The first-order valence-corrected chi connectivity index (χ1v) is 7.12. The molecule has 4 nitrogen and oxygen atoms in total. The van der Waals surface area contributed by atoms with Gasteiger partial charge in [-0.25, -0.2) is 8.78 Å². The van der Waals surface area contributed by atoms with Crippen LogP contribution in [-0.2, 0) is 4.79 Å². The molecule has 1 N–H and O–H groups in total. The predicted molar refractivity (Wildman–Crippen MR) is 72.3 cm³/mol. The van der Waals surface area contributed by atoms with Crippen molar-refractivity contribution in [3.05, 3.63) is 35.4 Å². The second-order valence-electron chi connectivity index (χ2n) is 4.49. The van der Waals surface area contributed by atoms with Gasteiger partial charge in [-0.15, -0.1) is 0 Å². The molecule has 1 atom stereocenters. The standard InChI is InChI=1S/C13H14F2N2O2S/c1-8(10-6-9(14)2-3-11(10)15)16-12(18)7-17-4-5-20-13(17)19/h2-3,6,8H,4-5,7H2,1H3,(H,16,18). The number of benzene rings is 1. The number of halogens is 2. The van der Waals surface area contributed by atoms with Gasteiger partial charge in [-0.3, -0.25) is 9.59 Å². The summed E-state index contributed by atoms with van der Waals surface area (Å²) in [6.45, 7) is 2.03. The van der Waals surface area contributed by atoms with Crippen LogP contribution in [0.1, 0.15) is 18.5 Å². The normalized spacial score (nSPS) is 16.4. The average molecular weight is 300 g/mol. The number of thioether (sulfide) groups is 1. The molecule has 1 aromatic carbocycles. The van der Waals surface area contributed by atoms with Crippen LogP contribution in [0.4, 0.5) is 13.6 Å². The third-order valence-electron chi connectivity index (χ3n) is 2.98. The lowest BCUT2D eigenvalue weighted by Gasteiger charge is -2.18.